The Kier molecular flexibility index (Phi) is 5.07. The lowest BCUT2D eigenvalue weighted by molar-refractivity contribution is -0.126. The molecule has 0 aromatic carbocycles. The number of nitrogens with two attached hydrogens (primary N) is 1. The summed E-state index contributed by atoms with van der Waals surface area (Å²) in [4.78, 5) is 29.3. The third-order valence-electron chi connectivity index (χ3n) is 6.74. The van der Waals surface area contributed by atoms with Crippen molar-refractivity contribution in [1.82, 2.24) is 4.98 Å². The standard InChI is InChI=1S/C23H33N3O3/c1-22(2,3)29-21(28)26-20-8-17(25-13-19(20)24)7-18(27)12-23-9-14-4-15(10-23)6-16(5-14)11-23/h8,13-16H,4-7,9-12,24H2,1-3H3,(H,25,26,28). The minimum atomic E-state index is -0.595. The largest absolute Gasteiger partial charge is 0.444 e. The van der Waals surface area contributed by atoms with Crippen LogP contribution in [0.2, 0.25) is 0 Å². The molecule has 0 spiro atoms. The normalized spacial score (nSPS) is 30.2. The summed E-state index contributed by atoms with van der Waals surface area (Å²) in [5.74, 6) is 2.77. The van der Waals surface area contributed by atoms with Crippen LogP contribution >= 0.6 is 0 Å². The van der Waals surface area contributed by atoms with E-state index in [4.69, 9.17) is 10.5 Å². The van der Waals surface area contributed by atoms with E-state index in [2.05, 4.69) is 10.3 Å². The minimum absolute atomic E-state index is 0.233. The van der Waals surface area contributed by atoms with E-state index >= 15 is 0 Å². The molecule has 0 saturated heterocycles. The van der Waals surface area contributed by atoms with Crippen LogP contribution in [0.25, 0.3) is 0 Å². The predicted molar refractivity (Wildman–Crippen MR) is 112 cm³/mol. The maximum Gasteiger partial charge on any atom is 0.412 e. The van der Waals surface area contributed by atoms with E-state index in [1.54, 1.807) is 26.8 Å². The van der Waals surface area contributed by atoms with Gasteiger partial charge in [-0.15, -0.1) is 0 Å². The van der Waals surface area contributed by atoms with Crippen molar-refractivity contribution < 1.29 is 14.3 Å². The van der Waals surface area contributed by atoms with E-state index in [1.807, 2.05) is 0 Å². The van der Waals surface area contributed by atoms with Crippen LogP contribution in [-0.2, 0) is 16.0 Å². The molecule has 6 nitrogen and oxygen atoms in total. The zero-order chi connectivity index (χ0) is 20.8. The van der Waals surface area contributed by atoms with E-state index < -0.39 is 11.7 Å². The van der Waals surface area contributed by atoms with Crippen molar-refractivity contribution >= 4 is 23.3 Å². The molecule has 1 aromatic heterocycles. The SMILES string of the molecule is CC(C)(C)OC(=O)Nc1cc(CC(=O)CC23CC4CC(CC(C4)C2)C3)ncc1N. The van der Waals surface area contributed by atoms with Gasteiger partial charge in [0.2, 0.25) is 0 Å². The zero-order valence-electron chi connectivity index (χ0n) is 17.8. The van der Waals surface area contributed by atoms with Crippen LogP contribution in [0.3, 0.4) is 0 Å². The third-order valence-corrected chi connectivity index (χ3v) is 6.74. The van der Waals surface area contributed by atoms with Crippen molar-refractivity contribution in [2.45, 2.75) is 77.7 Å². The molecule has 0 aliphatic heterocycles. The monoisotopic (exact) mass is 399 g/mol. The van der Waals surface area contributed by atoms with Gasteiger partial charge in [-0.3, -0.25) is 15.1 Å². The maximum atomic E-state index is 12.9. The molecule has 5 rings (SSSR count). The Bertz CT molecular complexity index is 777. The van der Waals surface area contributed by atoms with Crippen molar-refractivity contribution in [2.24, 2.45) is 23.2 Å². The number of ether oxygens (including phenoxy) is 1. The molecule has 1 amide bonds. The molecule has 4 fully saturated rings. The van der Waals surface area contributed by atoms with Gasteiger partial charge in [0.1, 0.15) is 11.4 Å². The van der Waals surface area contributed by atoms with E-state index in [0.717, 1.165) is 17.8 Å². The second-order valence-electron chi connectivity index (χ2n) is 10.7. The summed E-state index contributed by atoms with van der Waals surface area (Å²) in [7, 11) is 0. The summed E-state index contributed by atoms with van der Waals surface area (Å²) in [6.07, 6.45) is 9.71. The van der Waals surface area contributed by atoms with Crippen LogP contribution in [0.4, 0.5) is 16.2 Å². The van der Waals surface area contributed by atoms with Crippen molar-refractivity contribution in [2.75, 3.05) is 11.1 Å². The van der Waals surface area contributed by atoms with Gasteiger partial charge in [0.15, 0.2) is 0 Å². The molecule has 4 bridgehead atoms. The van der Waals surface area contributed by atoms with E-state index in [1.165, 1.54) is 44.7 Å². The highest BCUT2D eigenvalue weighted by atomic mass is 16.6. The number of aromatic nitrogens is 1. The molecule has 6 heteroatoms. The number of anilines is 2. The Labute approximate surface area is 173 Å². The van der Waals surface area contributed by atoms with E-state index in [-0.39, 0.29) is 17.6 Å². The van der Waals surface area contributed by atoms with Gasteiger partial charge in [-0.05, 0) is 88.5 Å². The number of nitrogens with zero attached hydrogens (tertiary/aromatic N) is 1. The van der Waals surface area contributed by atoms with Crippen LogP contribution in [0.1, 0.15) is 71.4 Å². The van der Waals surface area contributed by atoms with Gasteiger partial charge in [0, 0.05) is 18.5 Å². The van der Waals surface area contributed by atoms with Gasteiger partial charge < -0.3 is 10.5 Å². The van der Waals surface area contributed by atoms with Crippen molar-refractivity contribution in [3.8, 4) is 0 Å². The van der Waals surface area contributed by atoms with Gasteiger partial charge in [0.05, 0.1) is 17.6 Å². The number of nitrogen functional groups attached to an aromatic ring is 1. The lowest BCUT2D eigenvalue weighted by Crippen LogP contribution is -2.47. The summed E-state index contributed by atoms with van der Waals surface area (Å²) >= 11 is 0. The second kappa shape index (κ2) is 7.29. The predicted octanol–water partition coefficient (Wildman–Crippen LogP) is 4.73. The molecule has 4 saturated carbocycles. The smallest absolute Gasteiger partial charge is 0.412 e. The highest BCUT2D eigenvalue weighted by Crippen LogP contribution is 2.61. The minimum Gasteiger partial charge on any atom is -0.444 e. The first-order valence-electron chi connectivity index (χ1n) is 10.9. The number of ketones is 1. The summed E-state index contributed by atoms with van der Waals surface area (Å²) in [5.41, 5.74) is 7.02. The molecule has 1 heterocycles. The number of hydrogen-bond acceptors (Lipinski definition) is 5. The Hall–Kier alpha value is -2.11. The average molecular weight is 400 g/mol. The van der Waals surface area contributed by atoms with Gasteiger partial charge >= 0.3 is 6.09 Å². The molecule has 4 aliphatic carbocycles. The summed E-state index contributed by atoms with van der Waals surface area (Å²) in [6, 6.07) is 1.69. The first-order valence-corrected chi connectivity index (χ1v) is 10.9. The number of rotatable bonds is 5. The third kappa shape index (κ3) is 4.73. The molecule has 3 N–H and O–H groups in total. The quantitative estimate of drug-likeness (QED) is 0.746. The van der Waals surface area contributed by atoms with Crippen LogP contribution in [0.15, 0.2) is 12.3 Å². The summed E-state index contributed by atoms with van der Waals surface area (Å²) in [6.45, 7) is 5.41. The van der Waals surface area contributed by atoms with Gasteiger partial charge in [-0.2, -0.15) is 0 Å². The molecule has 0 unspecified atom stereocenters. The van der Waals surface area contributed by atoms with Crippen LogP contribution in [0.5, 0.6) is 0 Å². The summed E-state index contributed by atoms with van der Waals surface area (Å²) in [5, 5.41) is 2.67. The van der Waals surface area contributed by atoms with Crippen molar-refractivity contribution in [1.29, 1.82) is 0 Å². The number of amides is 1. The maximum absolute atomic E-state index is 12.9. The number of carbonyl (C=O) groups is 2. The van der Waals surface area contributed by atoms with Gasteiger partial charge in [0.25, 0.3) is 0 Å². The van der Waals surface area contributed by atoms with Crippen molar-refractivity contribution in [3.05, 3.63) is 18.0 Å². The Balaban J connectivity index is 1.39. The topological polar surface area (TPSA) is 94.3 Å². The molecular formula is C23H33N3O3. The van der Waals surface area contributed by atoms with Crippen LogP contribution in [0, 0.1) is 23.2 Å². The number of nitrogens with one attached hydrogen (secondary N) is 1. The highest BCUT2D eigenvalue weighted by molar-refractivity contribution is 5.89. The Morgan fingerprint density at radius 2 is 1.76 bits per heavy atom. The molecule has 4 aliphatic rings. The molecule has 0 radical (unpaired) electrons. The lowest BCUT2D eigenvalue weighted by atomic mass is 9.48. The number of carbonyl (C=O) groups excluding carboxylic acids is 2. The van der Waals surface area contributed by atoms with Gasteiger partial charge in [-0.25, -0.2) is 4.79 Å². The fraction of sp³-hybridized carbons (Fsp3) is 0.696. The van der Waals surface area contributed by atoms with E-state index in [9.17, 15) is 9.59 Å². The molecular weight excluding hydrogens is 366 g/mol. The molecule has 1 aromatic rings. The van der Waals surface area contributed by atoms with Gasteiger partial charge in [-0.1, -0.05) is 0 Å². The Morgan fingerprint density at radius 3 is 2.31 bits per heavy atom. The van der Waals surface area contributed by atoms with E-state index in [0.29, 0.717) is 23.5 Å². The fourth-order valence-electron chi connectivity index (χ4n) is 6.32. The highest BCUT2D eigenvalue weighted by Gasteiger charge is 2.51. The number of hydrogen-bond donors (Lipinski definition) is 2. The first-order chi connectivity index (χ1) is 13.6. The number of Topliss-reactive ketones (excluding diaryl/α,β-unsaturated/α-hetero) is 1. The van der Waals surface area contributed by atoms with Crippen LogP contribution in [-0.4, -0.2) is 22.5 Å². The average Bonchev–Trinajstić information content (AvgIpc) is 2.54. The Morgan fingerprint density at radius 1 is 1.17 bits per heavy atom. The van der Waals surface area contributed by atoms with Crippen LogP contribution < -0.4 is 11.1 Å². The second-order valence-corrected chi connectivity index (χ2v) is 10.7. The molecule has 158 valence electrons. The lowest BCUT2D eigenvalue weighted by Gasteiger charge is -2.56. The summed E-state index contributed by atoms with van der Waals surface area (Å²) < 4.78 is 5.28. The number of pyridine rings is 1. The first kappa shape index (κ1) is 20.2. The zero-order valence-corrected chi connectivity index (χ0v) is 17.8. The molecule has 0 atom stereocenters. The fourth-order valence-corrected chi connectivity index (χ4v) is 6.32. The molecule has 29 heavy (non-hydrogen) atoms. The van der Waals surface area contributed by atoms with Crippen molar-refractivity contribution in [3.63, 3.8) is 0 Å².